The normalized spacial score (nSPS) is 32.8. The van der Waals surface area contributed by atoms with Crippen molar-refractivity contribution in [2.75, 3.05) is 14.2 Å². The molecule has 2 aliphatic rings. The minimum absolute atomic E-state index is 0.193. The molecular formula is C13H23NO3. The molecule has 2 fully saturated rings. The summed E-state index contributed by atoms with van der Waals surface area (Å²) in [4.78, 5) is 12.3. The van der Waals surface area contributed by atoms with Crippen molar-refractivity contribution in [2.24, 2.45) is 5.92 Å². The summed E-state index contributed by atoms with van der Waals surface area (Å²) < 4.78 is 10.5. The molecule has 1 N–H and O–H groups in total. The predicted molar refractivity (Wildman–Crippen MR) is 64.7 cm³/mol. The number of nitrogens with one attached hydrogen (secondary N) is 1. The molecule has 98 valence electrons. The fourth-order valence-electron chi connectivity index (χ4n) is 3.01. The molecule has 0 spiro atoms. The van der Waals surface area contributed by atoms with Crippen molar-refractivity contribution in [1.82, 2.24) is 5.32 Å². The third kappa shape index (κ3) is 2.87. The molecule has 2 atom stereocenters. The van der Waals surface area contributed by atoms with Crippen LogP contribution in [0.1, 0.15) is 39.0 Å². The molecule has 4 heteroatoms. The van der Waals surface area contributed by atoms with Gasteiger partial charge in [0, 0.05) is 32.2 Å². The van der Waals surface area contributed by atoms with Gasteiger partial charge >= 0.3 is 0 Å². The zero-order chi connectivity index (χ0) is 12.5. The van der Waals surface area contributed by atoms with Crippen LogP contribution < -0.4 is 5.32 Å². The Hall–Kier alpha value is -0.450. The van der Waals surface area contributed by atoms with Gasteiger partial charge in [-0.05, 0) is 32.6 Å². The molecule has 0 aliphatic carbocycles. The van der Waals surface area contributed by atoms with Crippen LogP contribution in [0.15, 0.2) is 0 Å². The van der Waals surface area contributed by atoms with Gasteiger partial charge in [-0.25, -0.2) is 0 Å². The molecular weight excluding hydrogens is 218 g/mol. The van der Waals surface area contributed by atoms with Gasteiger partial charge in [0.2, 0.25) is 0 Å². The van der Waals surface area contributed by atoms with Crippen molar-refractivity contribution in [3.63, 3.8) is 0 Å². The van der Waals surface area contributed by atoms with Gasteiger partial charge in [-0.15, -0.1) is 0 Å². The van der Waals surface area contributed by atoms with Crippen molar-refractivity contribution in [2.45, 2.75) is 56.9 Å². The Balaban J connectivity index is 1.92. The number of rotatable bonds is 5. The van der Waals surface area contributed by atoms with Crippen molar-refractivity contribution in [3.05, 3.63) is 0 Å². The molecule has 0 amide bonds. The highest BCUT2D eigenvalue weighted by Gasteiger charge is 2.38. The zero-order valence-electron chi connectivity index (χ0n) is 11.0. The lowest BCUT2D eigenvalue weighted by molar-refractivity contribution is -0.199. The van der Waals surface area contributed by atoms with Crippen LogP contribution >= 0.6 is 0 Å². The third-order valence-electron chi connectivity index (χ3n) is 4.29. The second-order valence-electron chi connectivity index (χ2n) is 5.49. The number of hydrogen-bond donors (Lipinski definition) is 1. The summed E-state index contributed by atoms with van der Waals surface area (Å²) in [5.74, 6) is -0.283. The van der Waals surface area contributed by atoms with E-state index in [9.17, 15) is 4.79 Å². The van der Waals surface area contributed by atoms with Crippen LogP contribution in [0, 0.1) is 5.92 Å². The van der Waals surface area contributed by atoms with Crippen LogP contribution in [0.5, 0.6) is 0 Å². The van der Waals surface area contributed by atoms with E-state index in [1.54, 1.807) is 14.2 Å². The molecule has 4 nitrogen and oxygen atoms in total. The van der Waals surface area contributed by atoms with Gasteiger partial charge < -0.3 is 14.8 Å². The van der Waals surface area contributed by atoms with E-state index >= 15 is 0 Å². The maximum atomic E-state index is 12.3. The third-order valence-corrected chi connectivity index (χ3v) is 4.29. The van der Waals surface area contributed by atoms with Crippen molar-refractivity contribution >= 4 is 5.78 Å². The van der Waals surface area contributed by atoms with Crippen LogP contribution in [0.25, 0.3) is 0 Å². The smallest absolute Gasteiger partial charge is 0.171 e. The fraction of sp³-hybridized carbons (Fsp3) is 0.923. The monoisotopic (exact) mass is 241 g/mol. The number of methoxy groups -OCH3 is 2. The van der Waals surface area contributed by atoms with Gasteiger partial charge in [-0.2, -0.15) is 0 Å². The Labute approximate surface area is 103 Å². The van der Waals surface area contributed by atoms with E-state index in [2.05, 4.69) is 5.32 Å². The average Bonchev–Trinajstić information content (AvgIpc) is 2.68. The first-order valence-corrected chi connectivity index (χ1v) is 6.45. The van der Waals surface area contributed by atoms with E-state index in [0.717, 1.165) is 12.8 Å². The van der Waals surface area contributed by atoms with E-state index in [1.165, 1.54) is 12.8 Å². The number of carbonyl (C=O) groups is 1. The Morgan fingerprint density at radius 3 is 2.24 bits per heavy atom. The number of fused-ring (bicyclic) bond motifs is 2. The lowest BCUT2D eigenvalue weighted by Gasteiger charge is -2.31. The summed E-state index contributed by atoms with van der Waals surface area (Å²) in [5.41, 5.74) is 0. The van der Waals surface area contributed by atoms with Crippen LogP contribution in [0.4, 0.5) is 0 Å². The number of piperidine rings is 1. The molecule has 0 aromatic rings. The number of ketones is 1. The molecule has 2 saturated heterocycles. The van der Waals surface area contributed by atoms with Gasteiger partial charge in [-0.1, -0.05) is 0 Å². The van der Waals surface area contributed by atoms with Crippen molar-refractivity contribution in [1.29, 1.82) is 0 Å². The average molecular weight is 241 g/mol. The highest BCUT2D eigenvalue weighted by molar-refractivity contribution is 5.82. The molecule has 0 aromatic carbocycles. The second kappa shape index (κ2) is 5.04. The first-order valence-electron chi connectivity index (χ1n) is 6.45. The van der Waals surface area contributed by atoms with Gasteiger partial charge in [-0.3, -0.25) is 4.79 Å². The number of ether oxygens (including phenoxy) is 2. The zero-order valence-corrected chi connectivity index (χ0v) is 11.0. The molecule has 2 bridgehead atoms. The van der Waals surface area contributed by atoms with Crippen LogP contribution in [-0.2, 0) is 14.3 Å². The first-order chi connectivity index (χ1) is 8.06. The van der Waals surface area contributed by atoms with Crippen LogP contribution in [0.3, 0.4) is 0 Å². The molecule has 17 heavy (non-hydrogen) atoms. The van der Waals surface area contributed by atoms with E-state index in [1.807, 2.05) is 6.92 Å². The molecule has 0 radical (unpaired) electrons. The van der Waals surface area contributed by atoms with E-state index in [-0.39, 0.29) is 11.7 Å². The summed E-state index contributed by atoms with van der Waals surface area (Å²) in [6, 6.07) is 1.11. The maximum absolute atomic E-state index is 12.3. The highest BCUT2D eigenvalue weighted by Crippen LogP contribution is 2.33. The summed E-state index contributed by atoms with van der Waals surface area (Å²) in [6.45, 7) is 1.82. The molecule has 0 aromatic heterocycles. The van der Waals surface area contributed by atoms with E-state index in [0.29, 0.717) is 18.5 Å². The van der Waals surface area contributed by atoms with Gasteiger partial charge in [0.1, 0.15) is 5.78 Å². The van der Waals surface area contributed by atoms with Crippen LogP contribution in [-0.4, -0.2) is 37.9 Å². The van der Waals surface area contributed by atoms with Gasteiger partial charge in [0.05, 0.1) is 6.42 Å². The Kier molecular flexibility index (Phi) is 3.85. The predicted octanol–water partition coefficient (Wildman–Crippen LogP) is 1.49. The summed E-state index contributed by atoms with van der Waals surface area (Å²) >= 11 is 0. The number of carbonyl (C=O) groups excluding carboxylic acids is 1. The summed E-state index contributed by atoms with van der Waals surface area (Å²) in [5, 5.41) is 3.55. The van der Waals surface area contributed by atoms with Gasteiger partial charge in [0.25, 0.3) is 0 Å². The van der Waals surface area contributed by atoms with Crippen molar-refractivity contribution < 1.29 is 14.3 Å². The van der Waals surface area contributed by atoms with E-state index in [4.69, 9.17) is 9.47 Å². The Bertz CT molecular complexity index is 276. The molecule has 0 saturated carbocycles. The minimum Gasteiger partial charge on any atom is -0.353 e. The summed E-state index contributed by atoms with van der Waals surface area (Å²) in [6.07, 6.45) is 4.77. The van der Waals surface area contributed by atoms with E-state index < -0.39 is 5.79 Å². The molecule has 2 aliphatic heterocycles. The molecule has 2 rings (SSSR count). The van der Waals surface area contributed by atoms with Crippen molar-refractivity contribution in [3.8, 4) is 0 Å². The standard InChI is InChI=1S/C13H23NO3/c1-13(16-2,17-3)8-12(15)9-6-10-4-5-11(7-9)14-10/h9-11,14H,4-8H2,1-3H3. The fourth-order valence-corrected chi connectivity index (χ4v) is 3.01. The first kappa shape index (κ1) is 13.0. The summed E-state index contributed by atoms with van der Waals surface area (Å²) in [7, 11) is 3.17. The highest BCUT2D eigenvalue weighted by atomic mass is 16.7. The Morgan fingerprint density at radius 2 is 1.76 bits per heavy atom. The maximum Gasteiger partial charge on any atom is 0.171 e. The second-order valence-corrected chi connectivity index (χ2v) is 5.49. The number of Topliss-reactive ketones (excluding diaryl/α,β-unsaturated/α-hetero) is 1. The number of hydrogen-bond acceptors (Lipinski definition) is 4. The molecule has 2 unspecified atom stereocenters. The largest absolute Gasteiger partial charge is 0.353 e. The Morgan fingerprint density at radius 1 is 1.24 bits per heavy atom. The molecule has 2 heterocycles. The minimum atomic E-state index is -0.763. The van der Waals surface area contributed by atoms with Crippen LogP contribution in [0.2, 0.25) is 0 Å². The lowest BCUT2D eigenvalue weighted by atomic mass is 9.86. The quantitative estimate of drug-likeness (QED) is 0.741. The lowest BCUT2D eigenvalue weighted by Crippen LogP contribution is -2.42. The topological polar surface area (TPSA) is 47.6 Å². The SMILES string of the molecule is COC(C)(CC(=O)C1CC2CCC(C1)N2)OC. The van der Waals surface area contributed by atoms with Gasteiger partial charge in [0.15, 0.2) is 5.79 Å².